The van der Waals surface area contributed by atoms with Gasteiger partial charge in [0, 0.05) is 43.4 Å². The van der Waals surface area contributed by atoms with E-state index < -0.39 is 4.92 Å². The molecule has 0 atom stereocenters. The summed E-state index contributed by atoms with van der Waals surface area (Å²) in [6, 6.07) is 12.6. The maximum absolute atomic E-state index is 12.8. The number of imidazole rings is 1. The van der Waals surface area contributed by atoms with Gasteiger partial charge >= 0.3 is 0 Å². The predicted molar refractivity (Wildman–Crippen MR) is 105 cm³/mol. The fraction of sp³-hybridized carbons (Fsp3) is 0.300. The summed E-state index contributed by atoms with van der Waals surface area (Å²) in [7, 11) is 0. The summed E-state index contributed by atoms with van der Waals surface area (Å²) in [5, 5.41) is 11.1. The number of nitro benzene ring substituents is 1. The molecule has 1 N–H and O–H groups in total. The number of fused-ring (bicyclic) bond motifs is 1. The number of aromatic amines is 1. The van der Waals surface area contributed by atoms with E-state index >= 15 is 0 Å². The second-order valence-electron chi connectivity index (χ2n) is 6.98. The molecule has 1 saturated heterocycles. The molecule has 1 aromatic heterocycles. The number of carbonyl (C=O) groups excluding carboxylic acids is 1. The highest BCUT2D eigenvalue weighted by Gasteiger charge is 2.26. The van der Waals surface area contributed by atoms with Gasteiger partial charge in [-0.25, -0.2) is 4.98 Å². The summed E-state index contributed by atoms with van der Waals surface area (Å²) < 4.78 is 0. The Hall–Kier alpha value is -3.26. The molecule has 4 rings (SSSR count). The highest BCUT2D eigenvalue weighted by atomic mass is 16.6. The molecule has 0 radical (unpaired) electrons. The lowest BCUT2D eigenvalue weighted by molar-refractivity contribution is -0.385. The molecule has 2 heterocycles. The molecule has 0 spiro atoms. The lowest BCUT2D eigenvalue weighted by Gasteiger charge is -2.34. The number of nitrogens with zero attached hydrogens (tertiary/aromatic N) is 4. The summed E-state index contributed by atoms with van der Waals surface area (Å²) in [5.41, 5.74) is 2.77. The van der Waals surface area contributed by atoms with E-state index in [1.54, 1.807) is 24.0 Å². The van der Waals surface area contributed by atoms with Crippen LogP contribution in [-0.4, -0.2) is 56.8 Å². The van der Waals surface area contributed by atoms with Gasteiger partial charge in [-0.15, -0.1) is 0 Å². The topological polar surface area (TPSA) is 95.4 Å². The van der Waals surface area contributed by atoms with Gasteiger partial charge in [-0.3, -0.25) is 19.8 Å². The minimum atomic E-state index is -0.447. The molecule has 3 aromatic rings. The number of carbonyl (C=O) groups is 1. The molecule has 28 heavy (non-hydrogen) atoms. The standard InChI is InChI=1S/C20H21N5O3/c1-14-15(5-4-8-18(14)25(27)28)20(26)24-11-9-23(10-12-24)13-19-21-16-6-2-3-7-17(16)22-19/h2-8H,9-13H2,1H3,(H,21,22). The molecular weight excluding hydrogens is 358 g/mol. The average Bonchev–Trinajstić information content (AvgIpc) is 3.10. The fourth-order valence-corrected chi connectivity index (χ4v) is 3.62. The summed E-state index contributed by atoms with van der Waals surface area (Å²) in [6.07, 6.45) is 0. The van der Waals surface area contributed by atoms with Crippen LogP contribution in [0.25, 0.3) is 11.0 Å². The van der Waals surface area contributed by atoms with Crippen LogP contribution in [0.1, 0.15) is 21.7 Å². The second-order valence-corrected chi connectivity index (χ2v) is 6.98. The van der Waals surface area contributed by atoms with Crippen LogP contribution in [0.15, 0.2) is 42.5 Å². The summed E-state index contributed by atoms with van der Waals surface area (Å²) in [6.45, 7) is 4.96. The molecule has 0 aliphatic carbocycles. The number of aromatic nitrogens is 2. The molecule has 1 amide bonds. The number of nitrogens with one attached hydrogen (secondary N) is 1. The van der Waals surface area contributed by atoms with E-state index in [4.69, 9.17) is 0 Å². The minimum absolute atomic E-state index is 0.0191. The van der Waals surface area contributed by atoms with Crippen molar-refractivity contribution in [3.63, 3.8) is 0 Å². The Morgan fingerprint density at radius 2 is 1.89 bits per heavy atom. The Bertz CT molecular complexity index is 1000. The van der Waals surface area contributed by atoms with Gasteiger partial charge in [-0.05, 0) is 25.1 Å². The van der Waals surface area contributed by atoms with Crippen LogP contribution in [-0.2, 0) is 6.54 Å². The Balaban J connectivity index is 1.40. The number of benzene rings is 2. The molecule has 8 nitrogen and oxygen atoms in total. The molecule has 144 valence electrons. The average molecular weight is 379 g/mol. The van der Waals surface area contributed by atoms with Crippen molar-refractivity contribution in [1.82, 2.24) is 19.8 Å². The first-order valence-corrected chi connectivity index (χ1v) is 9.22. The zero-order valence-corrected chi connectivity index (χ0v) is 15.6. The maximum Gasteiger partial charge on any atom is 0.273 e. The normalized spacial score (nSPS) is 15.1. The third kappa shape index (κ3) is 3.46. The highest BCUT2D eigenvalue weighted by molar-refractivity contribution is 5.96. The van der Waals surface area contributed by atoms with Crippen molar-refractivity contribution in [3.05, 3.63) is 69.5 Å². The quantitative estimate of drug-likeness (QED) is 0.555. The number of H-pyrrole nitrogens is 1. The zero-order chi connectivity index (χ0) is 19.7. The van der Waals surface area contributed by atoms with Crippen LogP contribution in [0.4, 0.5) is 5.69 Å². The van der Waals surface area contributed by atoms with Crippen molar-refractivity contribution in [2.75, 3.05) is 26.2 Å². The van der Waals surface area contributed by atoms with Crippen LogP contribution in [0, 0.1) is 17.0 Å². The summed E-state index contributed by atoms with van der Waals surface area (Å²) >= 11 is 0. The maximum atomic E-state index is 12.8. The van der Waals surface area contributed by atoms with Crippen LogP contribution in [0.2, 0.25) is 0 Å². The molecule has 0 bridgehead atoms. The number of para-hydroxylation sites is 2. The molecule has 2 aromatic carbocycles. The predicted octanol–water partition coefficient (Wildman–Crippen LogP) is 2.74. The van der Waals surface area contributed by atoms with Crippen LogP contribution >= 0.6 is 0 Å². The monoisotopic (exact) mass is 379 g/mol. The second kappa shape index (κ2) is 7.40. The van der Waals surface area contributed by atoms with Gasteiger partial charge in [0.2, 0.25) is 0 Å². The fourth-order valence-electron chi connectivity index (χ4n) is 3.62. The van der Waals surface area contributed by atoms with E-state index in [0.717, 1.165) is 29.9 Å². The van der Waals surface area contributed by atoms with E-state index in [-0.39, 0.29) is 11.6 Å². The van der Waals surface area contributed by atoms with Crippen LogP contribution in [0.5, 0.6) is 0 Å². The molecule has 8 heteroatoms. The Kier molecular flexibility index (Phi) is 4.79. The first-order valence-electron chi connectivity index (χ1n) is 9.22. The van der Waals surface area contributed by atoms with Crippen molar-refractivity contribution in [1.29, 1.82) is 0 Å². The third-order valence-corrected chi connectivity index (χ3v) is 5.20. The van der Waals surface area contributed by atoms with E-state index in [1.165, 1.54) is 6.07 Å². The molecule has 1 aliphatic rings. The molecule has 0 saturated carbocycles. The summed E-state index contributed by atoms with van der Waals surface area (Å²) in [4.78, 5) is 35.5. The molecule has 0 unspecified atom stereocenters. The van der Waals surface area contributed by atoms with Gasteiger partial charge in [0.25, 0.3) is 11.6 Å². The molecule has 1 fully saturated rings. The molecular formula is C20H21N5O3. The van der Waals surface area contributed by atoms with Crippen molar-refractivity contribution in [2.24, 2.45) is 0 Å². The van der Waals surface area contributed by atoms with E-state index in [2.05, 4.69) is 14.9 Å². The van der Waals surface area contributed by atoms with Gasteiger partial charge in [-0.1, -0.05) is 18.2 Å². The van der Waals surface area contributed by atoms with Crippen molar-refractivity contribution in [3.8, 4) is 0 Å². The first kappa shape index (κ1) is 18.1. The SMILES string of the molecule is Cc1c(C(=O)N2CCN(Cc3nc4ccccc4[nH]3)CC2)cccc1[N+](=O)[O-]. The number of hydrogen-bond donors (Lipinski definition) is 1. The van der Waals surface area contributed by atoms with E-state index in [1.807, 2.05) is 24.3 Å². The number of nitro groups is 1. The lowest BCUT2D eigenvalue weighted by Crippen LogP contribution is -2.48. The van der Waals surface area contributed by atoms with Gasteiger partial charge in [0.15, 0.2) is 0 Å². The zero-order valence-electron chi connectivity index (χ0n) is 15.6. The van der Waals surface area contributed by atoms with Crippen molar-refractivity contribution in [2.45, 2.75) is 13.5 Å². The summed E-state index contributed by atoms with van der Waals surface area (Å²) in [5.74, 6) is 0.764. The third-order valence-electron chi connectivity index (χ3n) is 5.20. The minimum Gasteiger partial charge on any atom is -0.341 e. The van der Waals surface area contributed by atoms with E-state index in [9.17, 15) is 14.9 Å². The van der Waals surface area contributed by atoms with Gasteiger partial charge in [-0.2, -0.15) is 0 Å². The first-order chi connectivity index (χ1) is 13.5. The largest absolute Gasteiger partial charge is 0.341 e. The van der Waals surface area contributed by atoms with Crippen molar-refractivity contribution < 1.29 is 9.72 Å². The Morgan fingerprint density at radius 3 is 2.61 bits per heavy atom. The van der Waals surface area contributed by atoms with Gasteiger partial charge in [0.05, 0.1) is 22.5 Å². The van der Waals surface area contributed by atoms with Gasteiger partial charge in [0.1, 0.15) is 5.82 Å². The number of hydrogen-bond acceptors (Lipinski definition) is 5. The number of piperazine rings is 1. The van der Waals surface area contributed by atoms with Crippen LogP contribution < -0.4 is 0 Å². The lowest BCUT2D eigenvalue weighted by atomic mass is 10.1. The van der Waals surface area contributed by atoms with Crippen molar-refractivity contribution >= 4 is 22.6 Å². The Labute approximate surface area is 161 Å². The van der Waals surface area contributed by atoms with Crippen LogP contribution in [0.3, 0.4) is 0 Å². The molecule has 1 aliphatic heterocycles. The van der Waals surface area contributed by atoms with Gasteiger partial charge < -0.3 is 9.88 Å². The smallest absolute Gasteiger partial charge is 0.273 e. The number of rotatable bonds is 4. The highest BCUT2D eigenvalue weighted by Crippen LogP contribution is 2.23. The number of amides is 1. The van der Waals surface area contributed by atoms with E-state index in [0.29, 0.717) is 30.8 Å². The Morgan fingerprint density at radius 1 is 1.14 bits per heavy atom.